The number of fused-ring (bicyclic) bond motifs is 3. The van der Waals surface area contributed by atoms with Crippen LogP contribution in [0.5, 0.6) is 5.75 Å². The number of hydrogen-bond donors (Lipinski definition) is 5. The van der Waals surface area contributed by atoms with Gasteiger partial charge in [-0.05, 0) is 90.1 Å². The summed E-state index contributed by atoms with van der Waals surface area (Å²) in [6.07, 6.45) is 0.696. The molecule has 304 valence electrons. The molecule has 2 saturated carbocycles. The maximum absolute atomic E-state index is 14.9. The third kappa shape index (κ3) is 6.37. The number of anilines is 3. The molecule has 5 N–H and O–H groups in total. The lowest BCUT2D eigenvalue weighted by atomic mass is 9.59. The fourth-order valence-electron chi connectivity index (χ4n) is 9.96. The van der Waals surface area contributed by atoms with E-state index in [1.807, 2.05) is 6.92 Å². The first-order chi connectivity index (χ1) is 27.3. The molecule has 58 heavy (non-hydrogen) atoms. The highest BCUT2D eigenvalue weighted by Gasteiger charge is 2.76. The second-order valence-electron chi connectivity index (χ2n) is 16.9. The van der Waals surface area contributed by atoms with E-state index in [0.29, 0.717) is 23.2 Å². The van der Waals surface area contributed by atoms with E-state index in [-0.39, 0.29) is 63.5 Å². The van der Waals surface area contributed by atoms with Gasteiger partial charge in [0.15, 0.2) is 17.5 Å². The molecule has 8 atom stereocenters. The van der Waals surface area contributed by atoms with Gasteiger partial charge in [0.05, 0.1) is 27.8 Å². The van der Waals surface area contributed by atoms with Crippen molar-refractivity contribution in [3.05, 3.63) is 107 Å². The van der Waals surface area contributed by atoms with E-state index in [1.165, 1.54) is 49.4 Å². The largest absolute Gasteiger partial charge is 0.506 e. The molecule has 0 heterocycles. The molecule has 5 unspecified atom stereocenters. The number of ketones is 1. The van der Waals surface area contributed by atoms with E-state index >= 15 is 0 Å². The number of aliphatic hydroxyl groups is 2. The highest BCUT2D eigenvalue weighted by atomic mass is 16.6. The van der Waals surface area contributed by atoms with Gasteiger partial charge in [0.25, 0.3) is 11.8 Å². The van der Waals surface area contributed by atoms with Gasteiger partial charge in [-0.2, -0.15) is 0 Å². The molecule has 3 aromatic carbocycles. The third-order valence-electron chi connectivity index (χ3n) is 12.9. The summed E-state index contributed by atoms with van der Waals surface area (Å²) in [6, 6.07) is 17.0. The summed E-state index contributed by atoms with van der Waals surface area (Å²) in [5.41, 5.74) is -2.65. The number of carbonyl (C=O) groups excluding carboxylic acids is 5. The average molecular weight is 792 g/mol. The predicted molar refractivity (Wildman–Crippen MR) is 215 cm³/mol. The molecule has 4 aliphatic carbocycles. The van der Waals surface area contributed by atoms with Crippen LogP contribution in [0.4, 0.5) is 17.1 Å². The molecule has 0 aromatic heterocycles. The quantitative estimate of drug-likeness (QED) is 0.104. The number of phenolic OH excluding ortho intramolecular Hbond substituents is 1. The molecule has 2 amide bonds. The lowest BCUT2D eigenvalue weighted by molar-refractivity contribution is -0.191. The number of ether oxygens (including phenoxy) is 2. The Balaban J connectivity index is 1.15. The van der Waals surface area contributed by atoms with E-state index < -0.39 is 58.8 Å². The van der Waals surface area contributed by atoms with Gasteiger partial charge in [-0.25, -0.2) is 4.79 Å². The molecule has 7 rings (SSSR count). The summed E-state index contributed by atoms with van der Waals surface area (Å²) in [6.45, 7) is 8.61. The minimum absolute atomic E-state index is 0.0141. The van der Waals surface area contributed by atoms with Gasteiger partial charge >= 0.3 is 11.9 Å². The first-order valence-electron chi connectivity index (χ1n) is 19.3. The normalized spacial score (nSPS) is 28.9. The number of rotatable bonds is 9. The van der Waals surface area contributed by atoms with Crippen molar-refractivity contribution in [3.8, 4) is 5.75 Å². The number of aliphatic hydroxyl groups excluding tert-OH is 1. The molecule has 3 aromatic rings. The van der Waals surface area contributed by atoms with Crippen LogP contribution in [0.3, 0.4) is 0 Å². The van der Waals surface area contributed by atoms with Crippen LogP contribution in [-0.4, -0.2) is 83.4 Å². The van der Waals surface area contributed by atoms with Crippen LogP contribution in [0.1, 0.15) is 72.1 Å². The number of nitrogens with one attached hydrogen (secondary N) is 2. The fourth-order valence-corrected chi connectivity index (χ4v) is 9.96. The summed E-state index contributed by atoms with van der Waals surface area (Å²) in [7, 11) is 3.58. The maximum atomic E-state index is 14.9. The van der Waals surface area contributed by atoms with Crippen molar-refractivity contribution in [2.24, 2.45) is 34.5 Å². The minimum atomic E-state index is -2.35. The lowest BCUT2D eigenvalue weighted by Gasteiger charge is -2.48. The Bertz CT molecular complexity index is 2300. The molecule has 4 aliphatic rings. The standard InChI is InChI=1S/C45H49N3O10/c1-23-21-44-24(2)18-32-35(43(32,4)5)31(38(44)52)20-27(22-57-25(3)49)37(51)45(44,56)39(23)58-42(55)26-12-10-13-28(19-26)46-41(54)30-15-11-17-34(50)36(30)47-40(53)29-14-8-9-16-33(29)48(6)7/h8-17,19-21,24,31-32,35,37,39,50-51,56H,18,22H2,1-7H3,(H,46,54)(H,47,53)/t24?,31?,32?,35?,37-,39+,44?,45+/m1/s1. The Hall–Kier alpha value is -5.79. The highest BCUT2D eigenvalue weighted by Crippen LogP contribution is 2.71. The molecule has 13 heteroatoms. The molecule has 0 aliphatic heterocycles. The zero-order chi connectivity index (χ0) is 42.1. The first-order valence-corrected chi connectivity index (χ1v) is 19.3. The van der Waals surface area contributed by atoms with Gasteiger partial charge in [0, 0.05) is 38.3 Å². The number of allylic oxidation sites excluding steroid dienone is 1. The number of esters is 2. The number of nitrogens with zero attached hydrogens (tertiary/aromatic N) is 1. The number of amides is 2. The average Bonchev–Trinajstić information content (AvgIpc) is 3.67. The number of carbonyl (C=O) groups is 5. The molecular formula is C45H49N3O10. The predicted octanol–water partition coefficient (Wildman–Crippen LogP) is 5.53. The summed E-state index contributed by atoms with van der Waals surface area (Å²) >= 11 is 0. The SMILES string of the molecule is CC(=O)OCC1=CC2C(=O)C3(C=C(C)[C@H](OC(=O)c4cccc(NC(=O)c5cccc(O)c5NC(=O)c5ccccc5N(C)C)c4)[C@@]3(O)[C@@H]1O)C(C)CC1C2C1(C)C. The van der Waals surface area contributed by atoms with Gasteiger partial charge in [-0.3, -0.25) is 19.2 Å². The van der Waals surface area contributed by atoms with Gasteiger partial charge in [0.1, 0.15) is 18.5 Å². The molecule has 0 radical (unpaired) electrons. The molecule has 1 spiro atoms. The number of aromatic hydroxyl groups is 1. The second kappa shape index (κ2) is 14.5. The number of Topliss-reactive ketones (excluding diaryl/α,β-unsaturated/α-hetero) is 1. The van der Waals surface area contributed by atoms with Crippen LogP contribution in [-0.2, 0) is 19.1 Å². The molecule has 2 fully saturated rings. The Labute approximate surface area is 336 Å². The van der Waals surface area contributed by atoms with Crippen molar-refractivity contribution in [1.29, 1.82) is 0 Å². The summed E-state index contributed by atoms with van der Waals surface area (Å²) in [4.78, 5) is 69.7. The molecular weight excluding hydrogens is 743 g/mol. The van der Waals surface area contributed by atoms with E-state index in [4.69, 9.17) is 9.47 Å². The van der Waals surface area contributed by atoms with Gasteiger partial charge in [0.2, 0.25) is 0 Å². The molecule has 0 saturated heterocycles. The van der Waals surface area contributed by atoms with Crippen molar-refractivity contribution in [1.82, 2.24) is 0 Å². The smallest absolute Gasteiger partial charge is 0.338 e. The molecule has 13 nitrogen and oxygen atoms in total. The zero-order valence-corrected chi connectivity index (χ0v) is 33.5. The van der Waals surface area contributed by atoms with Crippen LogP contribution in [0.25, 0.3) is 0 Å². The summed E-state index contributed by atoms with van der Waals surface area (Å²) < 4.78 is 11.4. The van der Waals surface area contributed by atoms with Crippen LogP contribution < -0.4 is 15.5 Å². The summed E-state index contributed by atoms with van der Waals surface area (Å²) in [5.74, 6) is -4.37. The van der Waals surface area contributed by atoms with Crippen LogP contribution in [0.2, 0.25) is 0 Å². The Morgan fingerprint density at radius 2 is 1.62 bits per heavy atom. The van der Waals surface area contributed by atoms with Crippen LogP contribution >= 0.6 is 0 Å². The van der Waals surface area contributed by atoms with Crippen molar-refractivity contribution in [2.75, 3.05) is 36.2 Å². The fraction of sp³-hybridized carbons (Fsp3) is 0.400. The summed E-state index contributed by atoms with van der Waals surface area (Å²) in [5, 5.41) is 41.2. The van der Waals surface area contributed by atoms with Gasteiger partial charge in [-0.15, -0.1) is 0 Å². The number of hydrogen-bond acceptors (Lipinski definition) is 11. The molecule has 2 bridgehead atoms. The Morgan fingerprint density at radius 3 is 2.33 bits per heavy atom. The van der Waals surface area contributed by atoms with E-state index in [0.717, 1.165) is 0 Å². The van der Waals surface area contributed by atoms with Gasteiger partial charge in [-0.1, -0.05) is 57.2 Å². The van der Waals surface area contributed by atoms with E-state index in [9.17, 15) is 39.3 Å². The van der Waals surface area contributed by atoms with Crippen LogP contribution in [0.15, 0.2) is 90.0 Å². The van der Waals surface area contributed by atoms with Gasteiger partial charge < -0.3 is 40.3 Å². The topological polar surface area (TPSA) is 192 Å². The van der Waals surface area contributed by atoms with Crippen molar-refractivity contribution in [3.63, 3.8) is 0 Å². The lowest BCUT2D eigenvalue weighted by Crippen LogP contribution is -2.65. The first kappa shape index (κ1) is 40.4. The van der Waals surface area contributed by atoms with Crippen molar-refractivity contribution >= 4 is 46.6 Å². The number of benzene rings is 3. The zero-order valence-electron chi connectivity index (χ0n) is 33.5. The van der Waals surface area contributed by atoms with E-state index in [2.05, 4.69) is 24.5 Å². The third-order valence-corrected chi connectivity index (χ3v) is 12.9. The monoisotopic (exact) mass is 791 g/mol. The number of para-hydroxylation sites is 2. The van der Waals surface area contributed by atoms with Crippen LogP contribution in [0, 0.1) is 34.5 Å². The Kier molecular flexibility index (Phi) is 10.1. The minimum Gasteiger partial charge on any atom is -0.506 e. The van der Waals surface area contributed by atoms with Crippen molar-refractivity contribution < 1.29 is 48.8 Å². The maximum Gasteiger partial charge on any atom is 0.338 e. The Morgan fingerprint density at radius 1 is 0.948 bits per heavy atom. The number of phenols is 1. The second-order valence-corrected chi connectivity index (χ2v) is 16.9. The van der Waals surface area contributed by atoms with E-state index in [1.54, 1.807) is 62.3 Å². The highest BCUT2D eigenvalue weighted by molar-refractivity contribution is 6.15. The van der Waals surface area contributed by atoms with Crippen molar-refractivity contribution in [2.45, 2.75) is 58.8 Å².